The van der Waals surface area contributed by atoms with Crippen LogP contribution in [0.2, 0.25) is 0 Å². The largest absolute Gasteiger partial charge is 0.454 e. The monoisotopic (exact) mass is 506 g/mol. The summed E-state index contributed by atoms with van der Waals surface area (Å²) in [6, 6.07) is 15.7. The Morgan fingerprint density at radius 3 is 2.72 bits per heavy atom. The smallest absolute Gasteiger partial charge is 0.231 e. The third-order valence-electron chi connectivity index (χ3n) is 4.21. The molecule has 0 bridgehead atoms. The van der Waals surface area contributed by atoms with Crippen molar-refractivity contribution in [1.29, 1.82) is 0 Å². The first-order valence-corrected chi connectivity index (χ1v) is 9.22. The predicted molar refractivity (Wildman–Crippen MR) is 122 cm³/mol. The molecule has 2 N–H and O–H groups in total. The molecule has 0 aliphatic carbocycles. The molecule has 3 aromatic rings. The molecule has 7 nitrogen and oxygen atoms in total. The van der Waals surface area contributed by atoms with Crippen LogP contribution in [0.15, 0.2) is 64.2 Å². The van der Waals surface area contributed by atoms with Gasteiger partial charge in [-0.3, -0.25) is 0 Å². The highest BCUT2D eigenvalue weighted by atomic mass is 127. The second-order valence-electron chi connectivity index (χ2n) is 6.25. The lowest BCUT2D eigenvalue weighted by atomic mass is 10.2. The number of rotatable bonds is 6. The summed E-state index contributed by atoms with van der Waals surface area (Å²) < 4.78 is 16.3. The van der Waals surface area contributed by atoms with E-state index in [9.17, 15) is 0 Å². The number of hydrogen-bond donors (Lipinski definition) is 2. The van der Waals surface area contributed by atoms with Gasteiger partial charge in [-0.1, -0.05) is 24.3 Å². The van der Waals surface area contributed by atoms with Gasteiger partial charge >= 0.3 is 0 Å². The summed E-state index contributed by atoms with van der Waals surface area (Å²) in [4.78, 5) is 9.16. The number of nitrogens with one attached hydrogen (secondary N) is 2. The third kappa shape index (κ3) is 5.41. The molecule has 2 heterocycles. The molecule has 1 aliphatic rings. The van der Waals surface area contributed by atoms with E-state index in [0.717, 1.165) is 34.9 Å². The molecular formula is C21H23IN4O3. The lowest BCUT2D eigenvalue weighted by Crippen LogP contribution is -2.36. The zero-order chi connectivity index (χ0) is 19.2. The van der Waals surface area contributed by atoms with Gasteiger partial charge in [0.15, 0.2) is 17.5 Å². The van der Waals surface area contributed by atoms with E-state index < -0.39 is 0 Å². The summed E-state index contributed by atoms with van der Waals surface area (Å²) in [7, 11) is 0. The van der Waals surface area contributed by atoms with Gasteiger partial charge in [0.2, 0.25) is 12.7 Å². The van der Waals surface area contributed by atoms with E-state index in [0.29, 0.717) is 24.9 Å². The van der Waals surface area contributed by atoms with Gasteiger partial charge in [-0.2, -0.15) is 0 Å². The van der Waals surface area contributed by atoms with Gasteiger partial charge in [0.05, 0.1) is 18.8 Å². The molecule has 0 saturated heterocycles. The molecule has 2 aromatic carbocycles. The van der Waals surface area contributed by atoms with Crippen molar-refractivity contribution in [3.8, 4) is 23.0 Å². The normalized spacial score (nSPS) is 12.4. The summed E-state index contributed by atoms with van der Waals surface area (Å²) in [6.45, 7) is 4.11. The van der Waals surface area contributed by atoms with Crippen molar-refractivity contribution in [2.45, 2.75) is 20.0 Å². The van der Waals surface area contributed by atoms with Crippen molar-refractivity contribution >= 4 is 29.9 Å². The number of halogens is 1. The second kappa shape index (κ2) is 10.1. The van der Waals surface area contributed by atoms with E-state index in [-0.39, 0.29) is 30.8 Å². The molecule has 8 heteroatoms. The molecule has 152 valence electrons. The van der Waals surface area contributed by atoms with Crippen LogP contribution in [0.25, 0.3) is 11.5 Å². The molecule has 0 saturated carbocycles. The van der Waals surface area contributed by atoms with E-state index in [1.807, 2.05) is 55.5 Å². The number of ether oxygens (including phenoxy) is 2. The Morgan fingerprint density at radius 1 is 1.07 bits per heavy atom. The Hall–Kier alpha value is -2.75. The van der Waals surface area contributed by atoms with E-state index in [1.54, 1.807) is 6.26 Å². The Morgan fingerprint density at radius 2 is 1.90 bits per heavy atom. The standard InChI is InChI=1S/C21H22N4O3.HI/c1-2-22-21(23-11-15-8-9-18-19(10-15)28-14-27-18)24-12-17-13-26-20(25-17)16-6-4-3-5-7-16;/h3-10,13H,2,11-12,14H2,1H3,(H2,22,23,24);1H. The summed E-state index contributed by atoms with van der Waals surface area (Å²) in [5.74, 6) is 2.86. The van der Waals surface area contributed by atoms with Gasteiger partial charge in [-0.25, -0.2) is 9.98 Å². The topological polar surface area (TPSA) is 80.9 Å². The zero-order valence-electron chi connectivity index (χ0n) is 16.1. The maximum absolute atomic E-state index is 5.58. The average Bonchev–Trinajstić information content (AvgIpc) is 3.40. The van der Waals surface area contributed by atoms with Crippen LogP contribution in [0.4, 0.5) is 0 Å². The van der Waals surface area contributed by atoms with Crippen molar-refractivity contribution in [1.82, 2.24) is 15.6 Å². The van der Waals surface area contributed by atoms with Crippen LogP contribution in [0.1, 0.15) is 18.2 Å². The van der Waals surface area contributed by atoms with Crippen LogP contribution in [0.3, 0.4) is 0 Å². The van der Waals surface area contributed by atoms with Crippen molar-refractivity contribution in [3.05, 3.63) is 66.1 Å². The van der Waals surface area contributed by atoms with Crippen molar-refractivity contribution < 1.29 is 13.9 Å². The van der Waals surface area contributed by atoms with Crippen LogP contribution in [0.5, 0.6) is 11.5 Å². The summed E-state index contributed by atoms with van der Waals surface area (Å²) in [6.07, 6.45) is 1.66. The van der Waals surface area contributed by atoms with E-state index in [2.05, 4.69) is 20.6 Å². The molecule has 0 unspecified atom stereocenters. The molecule has 29 heavy (non-hydrogen) atoms. The molecule has 0 fully saturated rings. The number of benzene rings is 2. The Bertz CT molecular complexity index is 960. The highest BCUT2D eigenvalue weighted by molar-refractivity contribution is 14.0. The lowest BCUT2D eigenvalue weighted by Gasteiger charge is -2.10. The fourth-order valence-corrected chi connectivity index (χ4v) is 2.83. The number of fused-ring (bicyclic) bond motifs is 1. The van der Waals surface area contributed by atoms with Crippen molar-refractivity contribution in [2.75, 3.05) is 13.3 Å². The minimum absolute atomic E-state index is 0. The first kappa shape index (κ1) is 21.0. The molecule has 0 amide bonds. The van der Waals surface area contributed by atoms with Crippen LogP contribution in [-0.4, -0.2) is 24.3 Å². The zero-order valence-corrected chi connectivity index (χ0v) is 18.4. The maximum atomic E-state index is 5.58. The van der Waals surface area contributed by atoms with Gasteiger partial charge in [-0.05, 0) is 36.8 Å². The number of nitrogens with zero attached hydrogens (tertiary/aromatic N) is 2. The minimum Gasteiger partial charge on any atom is -0.454 e. The number of guanidine groups is 1. The van der Waals surface area contributed by atoms with Gasteiger partial charge in [0.1, 0.15) is 6.26 Å². The first-order valence-electron chi connectivity index (χ1n) is 9.22. The Labute approximate surface area is 186 Å². The molecule has 4 rings (SSSR count). The van der Waals surface area contributed by atoms with E-state index in [4.69, 9.17) is 13.9 Å². The maximum Gasteiger partial charge on any atom is 0.231 e. The summed E-state index contributed by atoms with van der Waals surface area (Å²) in [5, 5.41) is 6.52. The van der Waals surface area contributed by atoms with Gasteiger partial charge in [-0.15, -0.1) is 24.0 Å². The highest BCUT2D eigenvalue weighted by Crippen LogP contribution is 2.32. The quantitative estimate of drug-likeness (QED) is 0.300. The van der Waals surface area contributed by atoms with Gasteiger partial charge in [0, 0.05) is 12.1 Å². The van der Waals surface area contributed by atoms with Crippen LogP contribution < -0.4 is 20.1 Å². The number of oxazole rings is 1. The van der Waals surface area contributed by atoms with Crippen molar-refractivity contribution in [3.63, 3.8) is 0 Å². The van der Waals surface area contributed by atoms with Crippen LogP contribution in [0, 0.1) is 0 Å². The molecule has 0 spiro atoms. The first-order chi connectivity index (χ1) is 13.8. The summed E-state index contributed by atoms with van der Waals surface area (Å²) in [5.41, 5.74) is 2.82. The fourth-order valence-electron chi connectivity index (χ4n) is 2.83. The van der Waals surface area contributed by atoms with E-state index >= 15 is 0 Å². The molecule has 1 aromatic heterocycles. The molecular weight excluding hydrogens is 483 g/mol. The predicted octanol–water partition coefficient (Wildman–Crippen LogP) is 3.94. The fraction of sp³-hybridized carbons (Fsp3) is 0.238. The summed E-state index contributed by atoms with van der Waals surface area (Å²) >= 11 is 0. The second-order valence-corrected chi connectivity index (χ2v) is 6.25. The molecule has 0 atom stereocenters. The molecule has 0 radical (unpaired) electrons. The van der Waals surface area contributed by atoms with E-state index in [1.165, 1.54) is 0 Å². The van der Waals surface area contributed by atoms with Crippen LogP contribution in [-0.2, 0) is 13.1 Å². The van der Waals surface area contributed by atoms with Gasteiger partial charge < -0.3 is 24.5 Å². The molecule has 1 aliphatic heterocycles. The number of aromatic nitrogens is 1. The SMILES string of the molecule is CCNC(=NCc1ccc2c(c1)OCO2)NCc1coc(-c2ccccc2)n1.I. The average molecular weight is 506 g/mol. The number of hydrogen-bond acceptors (Lipinski definition) is 5. The Balaban J connectivity index is 0.00000240. The van der Waals surface area contributed by atoms with Crippen molar-refractivity contribution in [2.24, 2.45) is 4.99 Å². The Kier molecular flexibility index (Phi) is 7.34. The van der Waals surface area contributed by atoms with Gasteiger partial charge in [0.25, 0.3) is 0 Å². The third-order valence-corrected chi connectivity index (χ3v) is 4.21. The lowest BCUT2D eigenvalue weighted by molar-refractivity contribution is 0.174. The van der Waals surface area contributed by atoms with Crippen LogP contribution >= 0.6 is 24.0 Å². The number of aliphatic imine (C=N–C) groups is 1. The highest BCUT2D eigenvalue weighted by Gasteiger charge is 2.13. The minimum atomic E-state index is 0.